The van der Waals surface area contributed by atoms with Crippen molar-refractivity contribution in [3.8, 4) is 5.75 Å². The van der Waals surface area contributed by atoms with E-state index in [1.807, 2.05) is 13.1 Å². The number of benzene rings is 1. The molecule has 1 atom stereocenters. The molecule has 1 rings (SSSR count). The van der Waals surface area contributed by atoms with Crippen LogP contribution in [0.4, 0.5) is 0 Å². The second-order valence-corrected chi connectivity index (χ2v) is 5.81. The highest BCUT2D eigenvalue weighted by Crippen LogP contribution is 2.38. The number of nitrogens with one attached hydrogen (secondary N) is 1. The van der Waals surface area contributed by atoms with Crippen LogP contribution in [0.3, 0.4) is 0 Å². The van der Waals surface area contributed by atoms with Crippen LogP contribution in [0.25, 0.3) is 0 Å². The van der Waals surface area contributed by atoms with Crippen molar-refractivity contribution in [1.82, 2.24) is 5.32 Å². The van der Waals surface area contributed by atoms with Gasteiger partial charge in [-0.2, -0.15) is 0 Å². The molecule has 0 amide bonds. The zero-order valence-corrected chi connectivity index (χ0v) is 12.9. The number of hydrogen-bond acceptors (Lipinski definition) is 2. The van der Waals surface area contributed by atoms with E-state index in [1.54, 1.807) is 7.11 Å². The summed E-state index contributed by atoms with van der Waals surface area (Å²) in [5.74, 6) is 0.873. The van der Waals surface area contributed by atoms with E-state index in [-0.39, 0.29) is 5.41 Å². The minimum absolute atomic E-state index is 0.225. The van der Waals surface area contributed by atoms with E-state index < -0.39 is 0 Å². The van der Waals surface area contributed by atoms with Gasteiger partial charge >= 0.3 is 0 Å². The Morgan fingerprint density at radius 2 is 2.06 bits per heavy atom. The molecule has 0 aliphatic rings. The maximum atomic E-state index is 5.26. The normalized spacial score (nSPS) is 13.5. The van der Waals surface area contributed by atoms with Gasteiger partial charge in [-0.3, -0.25) is 0 Å². The van der Waals surface area contributed by atoms with Gasteiger partial charge in [-0.25, -0.2) is 0 Å². The first-order valence-corrected chi connectivity index (χ1v) is 6.76. The third-order valence-electron chi connectivity index (χ3n) is 3.49. The molecule has 0 saturated carbocycles. The second-order valence-electron chi connectivity index (χ2n) is 4.96. The Bertz CT molecular complexity index is 376. The molecule has 1 aromatic rings. The summed E-state index contributed by atoms with van der Waals surface area (Å²) in [4.78, 5) is 0. The van der Waals surface area contributed by atoms with E-state index >= 15 is 0 Å². The minimum Gasteiger partial charge on any atom is -0.496 e. The molecule has 0 fully saturated rings. The Hall–Kier alpha value is -0.540. The number of halogens is 1. The molecule has 17 heavy (non-hydrogen) atoms. The lowest BCUT2D eigenvalue weighted by atomic mass is 9.78. The molecule has 0 aliphatic heterocycles. The first-order chi connectivity index (χ1) is 7.96. The number of ether oxygens (including phenoxy) is 1. The lowest BCUT2D eigenvalue weighted by Gasteiger charge is -2.34. The Labute approximate surface area is 113 Å². The van der Waals surface area contributed by atoms with Crippen molar-refractivity contribution in [3.63, 3.8) is 0 Å². The van der Waals surface area contributed by atoms with E-state index in [1.165, 1.54) is 5.56 Å². The molecule has 0 spiro atoms. The van der Waals surface area contributed by atoms with Crippen molar-refractivity contribution in [2.75, 3.05) is 14.2 Å². The first kappa shape index (κ1) is 14.5. The van der Waals surface area contributed by atoms with Crippen molar-refractivity contribution in [3.05, 3.63) is 28.2 Å². The SMILES string of the molecule is CCC(C)(C)C(NC)c1ccc(OC)c(Br)c1. The van der Waals surface area contributed by atoms with Gasteiger partial charge in [0.2, 0.25) is 0 Å². The van der Waals surface area contributed by atoms with Crippen molar-refractivity contribution in [2.24, 2.45) is 5.41 Å². The van der Waals surface area contributed by atoms with E-state index in [2.05, 4.69) is 54.2 Å². The zero-order chi connectivity index (χ0) is 13.1. The van der Waals surface area contributed by atoms with Crippen molar-refractivity contribution in [2.45, 2.75) is 33.2 Å². The van der Waals surface area contributed by atoms with Gasteiger partial charge < -0.3 is 10.1 Å². The van der Waals surface area contributed by atoms with Crippen LogP contribution in [0.1, 0.15) is 38.8 Å². The van der Waals surface area contributed by atoms with Gasteiger partial charge in [0, 0.05) is 6.04 Å². The van der Waals surface area contributed by atoms with Crippen LogP contribution in [0.5, 0.6) is 5.75 Å². The molecule has 0 saturated heterocycles. The monoisotopic (exact) mass is 299 g/mol. The van der Waals surface area contributed by atoms with Crippen molar-refractivity contribution in [1.29, 1.82) is 0 Å². The third kappa shape index (κ3) is 3.23. The topological polar surface area (TPSA) is 21.3 Å². The second kappa shape index (κ2) is 5.87. The zero-order valence-electron chi connectivity index (χ0n) is 11.3. The summed E-state index contributed by atoms with van der Waals surface area (Å²) >= 11 is 3.54. The van der Waals surface area contributed by atoms with Crippen LogP contribution in [0.15, 0.2) is 22.7 Å². The molecule has 1 unspecified atom stereocenters. The summed E-state index contributed by atoms with van der Waals surface area (Å²) in [5, 5.41) is 3.41. The molecule has 0 aliphatic carbocycles. The van der Waals surface area contributed by atoms with Crippen molar-refractivity contribution >= 4 is 15.9 Å². The largest absolute Gasteiger partial charge is 0.496 e. The Morgan fingerprint density at radius 1 is 1.41 bits per heavy atom. The first-order valence-electron chi connectivity index (χ1n) is 5.97. The van der Waals surface area contributed by atoms with Gasteiger partial charge in [0.25, 0.3) is 0 Å². The van der Waals surface area contributed by atoms with E-state index in [0.717, 1.165) is 16.6 Å². The predicted molar refractivity (Wildman–Crippen MR) is 76.6 cm³/mol. The van der Waals surface area contributed by atoms with Crippen molar-refractivity contribution < 1.29 is 4.74 Å². The highest BCUT2D eigenvalue weighted by atomic mass is 79.9. The van der Waals surface area contributed by atoms with Crippen LogP contribution in [0, 0.1) is 5.41 Å². The maximum absolute atomic E-state index is 5.26. The van der Waals surface area contributed by atoms with Crippen LogP contribution in [0.2, 0.25) is 0 Å². The molecule has 1 aromatic carbocycles. The fourth-order valence-corrected chi connectivity index (χ4v) is 2.63. The number of hydrogen-bond donors (Lipinski definition) is 1. The van der Waals surface area contributed by atoms with Gasteiger partial charge in [-0.15, -0.1) is 0 Å². The predicted octanol–water partition coefficient (Wildman–Crippen LogP) is 4.15. The van der Waals surface area contributed by atoms with Crippen LogP contribution >= 0.6 is 15.9 Å². The quantitative estimate of drug-likeness (QED) is 0.882. The van der Waals surface area contributed by atoms with E-state index in [4.69, 9.17) is 4.74 Å². The number of rotatable bonds is 5. The summed E-state index contributed by atoms with van der Waals surface area (Å²) < 4.78 is 6.26. The van der Waals surface area contributed by atoms with Crippen LogP contribution in [-0.2, 0) is 0 Å². The van der Waals surface area contributed by atoms with Crippen LogP contribution in [-0.4, -0.2) is 14.2 Å². The minimum atomic E-state index is 0.225. The van der Waals surface area contributed by atoms with Gasteiger partial charge in [0.15, 0.2) is 0 Å². The van der Waals surface area contributed by atoms with E-state index in [0.29, 0.717) is 6.04 Å². The lowest BCUT2D eigenvalue weighted by Crippen LogP contribution is -2.31. The summed E-state index contributed by atoms with van der Waals surface area (Å²) in [7, 11) is 3.70. The molecular formula is C14H22BrNO. The van der Waals surface area contributed by atoms with Gasteiger partial charge in [-0.05, 0) is 52.5 Å². The van der Waals surface area contributed by atoms with Gasteiger partial charge in [0.05, 0.1) is 11.6 Å². The summed E-state index contributed by atoms with van der Waals surface area (Å²) in [5.41, 5.74) is 1.51. The lowest BCUT2D eigenvalue weighted by molar-refractivity contribution is 0.245. The fourth-order valence-electron chi connectivity index (χ4n) is 2.07. The fraction of sp³-hybridized carbons (Fsp3) is 0.571. The summed E-state index contributed by atoms with van der Waals surface area (Å²) in [6.07, 6.45) is 1.13. The molecular weight excluding hydrogens is 278 g/mol. The molecule has 2 nitrogen and oxygen atoms in total. The smallest absolute Gasteiger partial charge is 0.133 e. The summed E-state index contributed by atoms with van der Waals surface area (Å²) in [6, 6.07) is 6.62. The Kier molecular flexibility index (Phi) is 5.02. The molecule has 0 bridgehead atoms. The molecule has 3 heteroatoms. The van der Waals surface area contributed by atoms with E-state index in [9.17, 15) is 0 Å². The maximum Gasteiger partial charge on any atom is 0.133 e. The number of methoxy groups -OCH3 is 1. The average Bonchev–Trinajstić information content (AvgIpc) is 2.30. The molecule has 1 N–H and O–H groups in total. The standard InChI is InChI=1S/C14H22BrNO/c1-6-14(2,3)13(16-4)10-7-8-12(17-5)11(15)9-10/h7-9,13,16H,6H2,1-5H3. The molecule has 0 aromatic heterocycles. The Morgan fingerprint density at radius 3 is 2.47 bits per heavy atom. The summed E-state index contributed by atoms with van der Waals surface area (Å²) in [6.45, 7) is 6.79. The molecule has 0 heterocycles. The molecule has 96 valence electrons. The van der Waals surface area contributed by atoms with Gasteiger partial charge in [-0.1, -0.05) is 26.8 Å². The average molecular weight is 300 g/mol. The van der Waals surface area contributed by atoms with Crippen LogP contribution < -0.4 is 10.1 Å². The highest BCUT2D eigenvalue weighted by Gasteiger charge is 2.28. The highest BCUT2D eigenvalue weighted by molar-refractivity contribution is 9.10. The van der Waals surface area contributed by atoms with Gasteiger partial charge in [0.1, 0.15) is 5.75 Å². The Balaban J connectivity index is 3.09. The third-order valence-corrected chi connectivity index (χ3v) is 4.11. The molecule has 0 radical (unpaired) electrons.